The van der Waals surface area contributed by atoms with Gasteiger partial charge in [-0.1, -0.05) is 24.3 Å². The zero-order valence-corrected chi connectivity index (χ0v) is 46.2. The van der Waals surface area contributed by atoms with Crippen LogP contribution in [-0.4, -0.2) is 104 Å². The molecule has 0 spiro atoms. The quantitative estimate of drug-likeness (QED) is 0.169. The number of aryl methyl sites for hydroxylation is 1. The monoisotopic (exact) mass is 1020 g/mol. The minimum atomic E-state index is -0.631. The molecule has 4 heterocycles. The Morgan fingerprint density at radius 2 is 0.932 bits per heavy atom. The molecule has 8 rings (SSSR count). The molecule has 2 aliphatic heterocycles. The van der Waals surface area contributed by atoms with E-state index in [0.29, 0.717) is 57.9 Å². The average Bonchev–Trinajstić information content (AvgIpc) is 4.10. The zero-order chi connectivity index (χ0) is 54.2. The lowest BCUT2D eigenvalue weighted by Gasteiger charge is -2.25. The van der Waals surface area contributed by atoms with E-state index >= 15 is 0 Å². The van der Waals surface area contributed by atoms with Gasteiger partial charge in [0.25, 0.3) is 0 Å². The van der Waals surface area contributed by atoms with Gasteiger partial charge in [0, 0.05) is 63.2 Å². The molecule has 0 radical (unpaired) electrons. The summed E-state index contributed by atoms with van der Waals surface area (Å²) >= 11 is 0. The number of nitrogens with zero attached hydrogens (tertiary/aromatic N) is 4. The number of carbonyl (C=O) groups excluding carboxylic acids is 6. The van der Waals surface area contributed by atoms with Crippen molar-refractivity contribution in [3.8, 4) is 0 Å². The zero-order valence-electron chi connectivity index (χ0n) is 46.2. The van der Waals surface area contributed by atoms with Crippen molar-refractivity contribution in [3.63, 3.8) is 0 Å². The van der Waals surface area contributed by atoms with Crippen molar-refractivity contribution in [2.75, 3.05) is 36.8 Å². The Labute approximate surface area is 436 Å². The summed E-state index contributed by atoms with van der Waals surface area (Å²) in [7, 11) is 0. The Morgan fingerprint density at radius 3 is 1.35 bits per heavy atom. The number of likely N-dealkylation sites (tertiary alicyclic amines) is 2. The number of fused-ring (bicyclic) bond motifs is 4. The summed E-state index contributed by atoms with van der Waals surface area (Å²) < 4.78 is 25.1. The van der Waals surface area contributed by atoms with Gasteiger partial charge in [0.15, 0.2) is 0 Å². The Bertz CT molecular complexity index is 2770. The van der Waals surface area contributed by atoms with Crippen LogP contribution < -0.4 is 10.6 Å². The van der Waals surface area contributed by atoms with Crippen molar-refractivity contribution in [1.82, 2.24) is 18.9 Å². The predicted octanol–water partition coefficient (Wildman–Crippen LogP) is 12.5. The molecule has 4 aromatic rings. The molecule has 74 heavy (non-hydrogen) atoms. The minimum absolute atomic E-state index is 0.188. The normalized spacial score (nSPS) is 21.8. The maximum absolute atomic E-state index is 12.8. The fourth-order valence-electron chi connectivity index (χ4n) is 11.0. The first kappa shape index (κ1) is 55.4. The summed E-state index contributed by atoms with van der Waals surface area (Å²) in [5.74, 6) is 2.79. The number of benzene rings is 2. The van der Waals surface area contributed by atoms with Crippen LogP contribution in [0.25, 0.3) is 27.9 Å². The second kappa shape index (κ2) is 21.5. The topological polar surface area (TPSA) is 180 Å². The number of carbonyl (C=O) groups is 6. The standard InChI is InChI=1S/C29H41N3O5.C29H39N3O5/c2*1-18(33)30-24-17-32(27(35)37-29(5,6)7)25-11-10-19(14-23(24)25)8-9-20-12-21-15-31(16-22(21)13-20)26(34)36-28(2,3)4/h10-11,14,17,20-22H,8-9,12-13,15-16H2,1-7H3,(H,30,33);8-11,14,17,20-22H,12-13,15-16H2,1-7H3,(H,30,33)/b;9-8+/t2*20?,21-,22+. The lowest BCUT2D eigenvalue weighted by Crippen LogP contribution is -2.36. The first-order valence-electron chi connectivity index (χ1n) is 26.3. The third-order valence-corrected chi connectivity index (χ3v) is 13.8. The van der Waals surface area contributed by atoms with Crippen LogP contribution in [0.3, 0.4) is 0 Å². The molecule has 0 bridgehead atoms. The van der Waals surface area contributed by atoms with Gasteiger partial charge in [0.2, 0.25) is 11.8 Å². The summed E-state index contributed by atoms with van der Waals surface area (Å²) in [5.41, 5.74) is 2.53. The minimum Gasteiger partial charge on any atom is -0.444 e. The summed E-state index contributed by atoms with van der Waals surface area (Å²) in [6.45, 7) is 28.3. The van der Waals surface area contributed by atoms with E-state index in [1.54, 1.807) is 12.4 Å². The van der Waals surface area contributed by atoms with Crippen LogP contribution in [-0.2, 0) is 35.0 Å². The number of rotatable bonds is 7. The highest BCUT2D eigenvalue weighted by molar-refractivity contribution is 6.05. The van der Waals surface area contributed by atoms with Crippen molar-refractivity contribution < 1.29 is 47.7 Å². The van der Waals surface area contributed by atoms with Gasteiger partial charge in [-0.3, -0.25) is 18.7 Å². The molecule has 16 nitrogen and oxygen atoms in total. The third-order valence-electron chi connectivity index (χ3n) is 13.8. The average molecular weight is 1020 g/mol. The molecular formula is C58H80N6O10. The van der Waals surface area contributed by atoms with Gasteiger partial charge < -0.3 is 39.4 Å². The maximum Gasteiger partial charge on any atom is 0.419 e. The van der Waals surface area contributed by atoms with Gasteiger partial charge in [0.05, 0.1) is 22.4 Å². The number of amides is 4. The fourth-order valence-corrected chi connectivity index (χ4v) is 11.0. The summed E-state index contributed by atoms with van der Waals surface area (Å²) in [6, 6.07) is 11.9. The van der Waals surface area contributed by atoms with Crippen LogP contribution >= 0.6 is 0 Å². The molecule has 402 valence electrons. The first-order valence-corrected chi connectivity index (χ1v) is 26.3. The molecule has 4 aliphatic rings. The third kappa shape index (κ3) is 14.5. The van der Waals surface area contributed by atoms with Gasteiger partial charge in [-0.2, -0.15) is 0 Å². The molecule has 4 amide bonds. The molecule has 16 heteroatoms. The molecule has 2 aromatic heterocycles. The number of allylic oxidation sites excluding steroid dienone is 1. The van der Waals surface area contributed by atoms with E-state index in [2.05, 4.69) is 34.9 Å². The highest BCUT2D eigenvalue weighted by Crippen LogP contribution is 2.45. The van der Waals surface area contributed by atoms with E-state index in [9.17, 15) is 28.8 Å². The number of hydrogen-bond acceptors (Lipinski definition) is 10. The lowest BCUT2D eigenvalue weighted by atomic mass is 9.96. The SMILES string of the molecule is CC(=O)Nc1cn(C(=O)OC(C)(C)C)c2ccc(/C=C/C3C[C@@H]4CN(C(=O)OC(C)(C)C)C[C@@H]4C3)cc12.CC(=O)Nc1cn(C(=O)OC(C)(C)C)c2ccc(CCC3C[C@@H]4CN(C(=O)OC(C)(C)C)C[C@@H]4C3)cc12. The largest absolute Gasteiger partial charge is 0.444 e. The van der Waals surface area contributed by atoms with E-state index < -0.39 is 34.6 Å². The van der Waals surface area contributed by atoms with E-state index in [0.717, 1.165) is 81.0 Å². The smallest absolute Gasteiger partial charge is 0.419 e. The van der Waals surface area contributed by atoms with Crippen molar-refractivity contribution in [2.24, 2.45) is 35.5 Å². The van der Waals surface area contributed by atoms with Crippen LogP contribution in [0, 0.1) is 35.5 Å². The molecule has 2 saturated carbocycles. The van der Waals surface area contributed by atoms with E-state index in [1.165, 1.54) is 28.5 Å². The van der Waals surface area contributed by atoms with E-state index in [1.807, 2.05) is 117 Å². The van der Waals surface area contributed by atoms with Crippen LogP contribution in [0.4, 0.5) is 30.6 Å². The fraction of sp³-hybridized carbons (Fsp3) is 0.586. The summed E-state index contributed by atoms with van der Waals surface area (Å²) in [5, 5.41) is 7.29. The van der Waals surface area contributed by atoms with Crippen LogP contribution in [0.1, 0.15) is 140 Å². The molecule has 2 unspecified atom stereocenters. The van der Waals surface area contributed by atoms with Gasteiger partial charge in [-0.05, 0) is 193 Å². The van der Waals surface area contributed by atoms with Gasteiger partial charge in [-0.15, -0.1) is 0 Å². The number of anilines is 2. The molecule has 4 fully saturated rings. The van der Waals surface area contributed by atoms with Gasteiger partial charge in [-0.25, -0.2) is 19.2 Å². The predicted molar refractivity (Wildman–Crippen MR) is 288 cm³/mol. The second-order valence-electron chi connectivity index (χ2n) is 25.1. The molecule has 6 atom stereocenters. The second-order valence-corrected chi connectivity index (χ2v) is 25.1. The number of nitrogens with one attached hydrogen (secondary N) is 2. The van der Waals surface area contributed by atoms with Crippen molar-refractivity contribution in [1.29, 1.82) is 0 Å². The Balaban J connectivity index is 0.000000216. The molecular weight excluding hydrogens is 941 g/mol. The Hall–Kier alpha value is -6.32. The van der Waals surface area contributed by atoms with Crippen LogP contribution in [0.15, 0.2) is 54.9 Å². The highest BCUT2D eigenvalue weighted by Gasteiger charge is 2.44. The van der Waals surface area contributed by atoms with E-state index in [4.69, 9.17) is 18.9 Å². The van der Waals surface area contributed by atoms with Gasteiger partial charge in [0.1, 0.15) is 22.4 Å². The van der Waals surface area contributed by atoms with Crippen molar-refractivity contribution in [2.45, 2.75) is 158 Å². The van der Waals surface area contributed by atoms with Crippen molar-refractivity contribution >= 4 is 75.4 Å². The van der Waals surface area contributed by atoms with Crippen LogP contribution in [0.2, 0.25) is 0 Å². The Morgan fingerprint density at radius 1 is 0.541 bits per heavy atom. The van der Waals surface area contributed by atoms with Gasteiger partial charge >= 0.3 is 24.4 Å². The Kier molecular flexibility index (Phi) is 16.1. The number of ether oxygens (including phenoxy) is 4. The number of hydrogen-bond donors (Lipinski definition) is 2. The summed E-state index contributed by atoms with van der Waals surface area (Å²) in [6.07, 6.45) is 12.6. The molecule has 2 aliphatic carbocycles. The number of aromatic nitrogens is 2. The molecule has 2 N–H and O–H groups in total. The molecule has 2 aromatic carbocycles. The maximum atomic E-state index is 12.8. The summed E-state index contributed by atoms with van der Waals surface area (Å²) in [4.78, 5) is 77.8. The van der Waals surface area contributed by atoms with Crippen LogP contribution in [0.5, 0.6) is 0 Å². The van der Waals surface area contributed by atoms with Crippen molar-refractivity contribution in [3.05, 3.63) is 66.0 Å². The van der Waals surface area contributed by atoms with E-state index in [-0.39, 0.29) is 24.0 Å². The lowest BCUT2D eigenvalue weighted by molar-refractivity contribution is -0.115. The first-order chi connectivity index (χ1) is 34.4. The molecule has 2 saturated heterocycles. The highest BCUT2D eigenvalue weighted by atomic mass is 16.6.